The maximum atomic E-state index is 6.12. The minimum absolute atomic E-state index is 0.627. The molecule has 0 N–H and O–H groups in total. The Balaban J connectivity index is 1.60. The highest BCUT2D eigenvalue weighted by Crippen LogP contribution is 2.27. The van der Waals surface area contributed by atoms with Crippen molar-refractivity contribution in [1.29, 1.82) is 0 Å². The molecule has 0 aliphatic carbocycles. The predicted octanol–water partition coefficient (Wildman–Crippen LogP) is 4.72. The van der Waals surface area contributed by atoms with Crippen LogP contribution in [0.1, 0.15) is 5.69 Å². The molecule has 7 heteroatoms. The van der Waals surface area contributed by atoms with E-state index in [1.165, 1.54) is 0 Å². The first kappa shape index (κ1) is 16.9. The average Bonchev–Trinajstić information content (AvgIpc) is 3.24. The molecule has 5 nitrogen and oxygen atoms in total. The third kappa shape index (κ3) is 3.38. The van der Waals surface area contributed by atoms with Crippen LogP contribution >= 0.6 is 23.4 Å². The lowest BCUT2D eigenvalue weighted by Gasteiger charge is -2.07. The van der Waals surface area contributed by atoms with E-state index in [4.69, 9.17) is 11.6 Å². The SMILES string of the molecule is C=CCn1c(SCc2cn3ccccc3n2)nnc1-c1cccc(Cl)c1. The van der Waals surface area contributed by atoms with Crippen molar-refractivity contribution < 1.29 is 0 Å². The summed E-state index contributed by atoms with van der Waals surface area (Å²) in [6.45, 7) is 4.48. The first-order valence-electron chi connectivity index (χ1n) is 8.10. The van der Waals surface area contributed by atoms with Crippen molar-refractivity contribution in [3.05, 3.63) is 78.2 Å². The van der Waals surface area contributed by atoms with Gasteiger partial charge in [-0.25, -0.2) is 4.98 Å². The molecular formula is C19H16ClN5S. The van der Waals surface area contributed by atoms with E-state index in [1.807, 2.05) is 69.9 Å². The normalized spacial score (nSPS) is 11.1. The largest absolute Gasteiger partial charge is 0.307 e. The fraction of sp³-hybridized carbons (Fsp3) is 0.105. The number of pyridine rings is 1. The summed E-state index contributed by atoms with van der Waals surface area (Å²) in [4.78, 5) is 4.63. The van der Waals surface area contributed by atoms with Gasteiger partial charge >= 0.3 is 0 Å². The van der Waals surface area contributed by atoms with Crippen molar-refractivity contribution in [2.24, 2.45) is 0 Å². The summed E-state index contributed by atoms with van der Waals surface area (Å²) >= 11 is 7.73. The van der Waals surface area contributed by atoms with Gasteiger partial charge in [0, 0.05) is 35.3 Å². The monoisotopic (exact) mass is 381 g/mol. The van der Waals surface area contributed by atoms with Gasteiger partial charge in [0.05, 0.1) is 5.69 Å². The van der Waals surface area contributed by atoms with E-state index in [2.05, 4.69) is 21.8 Å². The van der Waals surface area contributed by atoms with Crippen LogP contribution in [0.2, 0.25) is 5.02 Å². The van der Waals surface area contributed by atoms with E-state index in [0.29, 0.717) is 17.3 Å². The summed E-state index contributed by atoms with van der Waals surface area (Å²) in [6.07, 6.45) is 5.87. The molecule has 0 saturated heterocycles. The molecule has 0 radical (unpaired) electrons. The van der Waals surface area contributed by atoms with Crippen molar-refractivity contribution >= 4 is 29.0 Å². The summed E-state index contributed by atoms with van der Waals surface area (Å²) < 4.78 is 4.06. The van der Waals surface area contributed by atoms with E-state index in [0.717, 1.165) is 27.9 Å². The number of hydrogen-bond acceptors (Lipinski definition) is 4. The quantitative estimate of drug-likeness (QED) is 0.358. The molecular weight excluding hydrogens is 366 g/mol. The molecule has 0 aliphatic rings. The van der Waals surface area contributed by atoms with Crippen molar-refractivity contribution in [2.75, 3.05) is 0 Å². The number of benzene rings is 1. The minimum atomic E-state index is 0.627. The van der Waals surface area contributed by atoms with Crippen LogP contribution in [0.15, 0.2) is 72.7 Å². The Labute approximate surface area is 160 Å². The van der Waals surface area contributed by atoms with Gasteiger partial charge in [-0.1, -0.05) is 47.6 Å². The van der Waals surface area contributed by atoms with Crippen molar-refractivity contribution in [2.45, 2.75) is 17.5 Å². The lowest BCUT2D eigenvalue weighted by Crippen LogP contribution is -2.00. The number of hydrogen-bond donors (Lipinski definition) is 0. The zero-order valence-corrected chi connectivity index (χ0v) is 15.5. The van der Waals surface area contributed by atoms with Gasteiger partial charge in [0.1, 0.15) is 5.65 Å². The predicted molar refractivity (Wildman–Crippen MR) is 105 cm³/mol. The van der Waals surface area contributed by atoms with Crippen LogP contribution in [-0.2, 0) is 12.3 Å². The molecule has 4 rings (SSSR count). The third-order valence-corrected chi connectivity index (χ3v) is 5.11. The average molecular weight is 382 g/mol. The van der Waals surface area contributed by atoms with Crippen molar-refractivity contribution in [1.82, 2.24) is 24.1 Å². The number of aromatic nitrogens is 5. The molecule has 0 bridgehead atoms. The molecule has 3 aromatic heterocycles. The lowest BCUT2D eigenvalue weighted by molar-refractivity contribution is 0.731. The number of nitrogens with zero attached hydrogens (tertiary/aromatic N) is 5. The number of imidazole rings is 1. The van der Waals surface area contributed by atoms with Crippen LogP contribution in [0.25, 0.3) is 17.0 Å². The summed E-state index contributed by atoms with van der Waals surface area (Å²) in [7, 11) is 0. The number of rotatable bonds is 6. The number of thioether (sulfide) groups is 1. The first-order valence-corrected chi connectivity index (χ1v) is 9.46. The molecule has 0 atom stereocenters. The van der Waals surface area contributed by atoms with E-state index in [9.17, 15) is 0 Å². The van der Waals surface area contributed by atoms with E-state index < -0.39 is 0 Å². The Kier molecular flexibility index (Phi) is 4.77. The third-order valence-electron chi connectivity index (χ3n) is 3.87. The Morgan fingerprint density at radius 2 is 2.08 bits per heavy atom. The number of allylic oxidation sites excluding steroid dienone is 1. The van der Waals surface area contributed by atoms with Crippen LogP contribution in [0.4, 0.5) is 0 Å². The molecule has 4 aromatic rings. The first-order chi connectivity index (χ1) is 12.7. The molecule has 0 saturated carbocycles. The van der Waals surface area contributed by atoms with Gasteiger partial charge in [0.15, 0.2) is 11.0 Å². The highest BCUT2D eigenvalue weighted by Gasteiger charge is 2.14. The lowest BCUT2D eigenvalue weighted by atomic mass is 10.2. The smallest absolute Gasteiger partial charge is 0.192 e. The highest BCUT2D eigenvalue weighted by atomic mass is 35.5. The Morgan fingerprint density at radius 1 is 1.15 bits per heavy atom. The molecule has 130 valence electrons. The Hall–Kier alpha value is -2.57. The van der Waals surface area contributed by atoms with Gasteiger partial charge < -0.3 is 4.40 Å². The van der Waals surface area contributed by atoms with Gasteiger partial charge in [-0.2, -0.15) is 0 Å². The molecule has 0 amide bonds. The van der Waals surface area contributed by atoms with Crippen molar-refractivity contribution in [3.63, 3.8) is 0 Å². The van der Waals surface area contributed by atoms with Crippen LogP contribution < -0.4 is 0 Å². The van der Waals surface area contributed by atoms with Gasteiger partial charge in [0.2, 0.25) is 0 Å². The minimum Gasteiger partial charge on any atom is -0.307 e. The maximum Gasteiger partial charge on any atom is 0.192 e. The van der Waals surface area contributed by atoms with Gasteiger partial charge in [0.25, 0.3) is 0 Å². The molecule has 1 aromatic carbocycles. The summed E-state index contributed by atoms with van der Waals surface area (Å²) in [5, 5.41) is 10.2. The summed E-state index contributed by atoms with van der Waals surface area (Å²) in [5.41, 5.74) is 2.88. The second-order valence-corrected chi connectivity index (χ2v) is 7.08. The zero-order valence-electron chi connectivity index (χ0n) is 13.9. The highest BCUT2D eigenvalue weighted by molar-refractivity contribution is 7.98. The van der Waals surface area contributed by atoms with Gasteiger partial charge in [-0.05, 0) is 24.3 Å². The molecule has 0 aliphatic heterocycles. The van der Waals surface area contributed by atoms with Crippen LogP contribution in [0, 0.1) is 0 Å². The second kappa shape index (κ2) is 7.35. The Bertz CT molecular complexity index is 1040. The standard InChI is InChI=1S/C19H16ClN5S/c1-2-9-25-18(14-6-5-7-15(20)11-14)22-23-19(25)26-13-16-12-24-10-4-3-8-17(24)21-16/h2-8,10-12H,1,9,13H2. The van der Waals surface area contributed by atoms with Crippen molar-refractivity contribution in [3.8, 4) is 11.4 Å². The van der Waals surface area contributed by atoms with Gasteiger partial charge in [-0.3, -0.25) is 4.57 Å². The topological polar surface area (TPSA) is 48.0 Å². The van der Waals surface area contributed by atoms with Crippen LogP contribution in [-0.4, -0.2) is 24.1 Å². The van der Waals surface area contributed by atoms with E-state index in [-0.39, 0.29) is 0 Å². The van der Waals surface area contributed by atoms with Crippen LogP contribution in [0.3, 0.4) is 0 Å². The Morgan fingerprint density at radius 3 is 2.88 bits per heavy atom. The summed E-state index contributed by atoms with van der Waals surface area (Å²) in [6, 6.07) is 13.6. The molecule has 26 heavy (non-hydrogen) atoms. The zero-order chi connectivity index (χ0) is 17.9. The summed E-state index contributed by atoms with van der Waals surface area (Å²) in [5.74, 6) is 1.50. The molecule has 3 heterocycles. The fourth-order valence-electron chi connectivity index (χ4n) is 2.73. The number of fused-ring (bicyclic) bond motifs is 1. The molecule has 0 unspecified atom stereocenters. The number of halogens is 1. The second-order valence-electron chi connectivity index (χ2n) is 5.70. The maximum absolute atomic E-state index is 6.12. The van der Waals surface area contributed by atoms with E-state index >= 15 is 0 Å². The molecule has 0 fully saturated rings. The fourth-order valence-corrected chi connectivity index (χ4v) is 3.75. The van der Waals surface area contributed by atoms with E-state index in [1.54, 1.807) is 11.8 Å². The van der Waals surface area contributed by atoms with Crippen LogP contribution in [0.5, 0.6) is 0 Å². The van der Waals surface area contributed by atoms with Gasteiger partial charge in [-0.15, -0.1) is 16.8 Å². The molecule has 0 spiro atoms.